The number of halogens is 1. The van der Waals surface area contributed by atoms with Crippen molar-refractivity contribution in [1.82, 2.24) is 24.4 Å². The fourth-order valence-corrected chi connectivity index (χ4v) is 5.01. The fourth-order valence-electron chi connectivity index (χ4n) is 3.90. The minimum absolute atomic E-state index is 0.286. The van der Waals surface area contributed by atoms with E-state index in [1.54, 1.807) is 12.4 Å². The molecule has 1 atom stereocenters. The van der Waals surface area contributed by atoms with E-state index >= 15 is 0 Å². The zero-order valence-electron chi connectivity index (χ0n) is 18.6. The molecular formula is C22H28BrN5O3Si. The molecule has 1 aromatic carbocycles. The minimum atomic E-state index is -1.22. The predicted octanol–water partition coefficient (Wildman–Crippen LogP) is 5.38. The van der Waals surface area contributed by atoms with Crippen molar-refractivity contribution in [2.75, 3.05) is 13.2 Å². The highest BCUT2D eigenvalue weighted by atomic mass is 79.9. The first-order chi connectivity index (χ1) is 15.2. The minimum Gasteiger partial charge on any atom is -0.465 e. The summed E-state index contributed by atoms with van der Waals surface area (Å²) in [6.45, 7) is 8.43. The lowest BCUT2D eigenvalue weighted by molar-refractivity contribution is 0.0815. The SMILES string of the molecule is C[Si](C)(C)CCOCn1c(-c2cnc3cc(Br)ccc3n2)cnc1[C@@H]1CCCN1C(=O)O. The zero-order valence-corrected chi connectivity index (χ0v) is 21.2. The fraction of sp³-hybridized carbons (Fsp3) is 0.455. The highest BCUT2D eigenvalue weighted by Gasteiger charge is 2.34. The maximum Gasteiger partial charge on any atom is 0.407 e. The highest BCUT2D eigenvalue weighted by molar-refractivity contribution is 9.10. The number of carbonyl (C=O) groups is 1. The number of amides is 1. The normalized spacial score (nSPS) is 16.8. The first-order valence-corrected chi connectivity index (χ1v) is 15.3. The Hall–Kier alpha value is -2.30. The second kappa shape index (κ2) is 9.28. The van der Waals surface area contributed by atoms with Crippen LogP contribution in [-0.2, 0) is 11.5 Å². The van der Waals surface area contributed by atoms with Crippen LogP contribution in [-0.4, -0.2) is 56.8 Å². The number of imidazole rings is 1. The molecule has 2 aromatic heterocycles. The smallest absolute Gasteiger partial charge is 0.407 e. The maximum absolute atomic E-state index is 11.8. The lowest BCUT2D eigenvalue weighted by Gasteiger charge is -2.23. The Bertz CT molecular complexity index is 1130. The number of likely N-dealkylation sites (tertiary alicyclic amines) is 1. The van der Waals surface area contributed by atoms with Gasteiger partial charge in [-0.15, -0.1) is 0 Å². The number of rotatable bonds is 7. The zero-order chi connectivity index (χ0) is 22.9. The van der Waals surface area contributed by atoms with Gasteiger partial charge >= 0.3 is 6.09 Å². The second-order valence-electron chi connectivity index (χ2n) is 9.30. The summed E-state index contributed by atoms with van der Waals surface area (Å²) in [5.41, 5.74) is 3.05. The van der Waals surface area contributed by atoms with E-state index in [-0.39, 0.29) is 6.04 Å². The number of hydrogen-bond acceptors (Lipinski definition) is 5. The topological polar surface area (TPSA) is 93.4 Å². The summed E-state index contributed by atoms with van der Waals surface area (Å²) in [6, 6.07) is 6.56. The molecule has 32 heavy (non-hydrogen) atoms. The molecule has 0 radical (unpaired) electrons. The Kier molecular flexibility index (Phi) is 6.64. The molecule has 170 valence electrons. The number of benzene rings is 1. The van der Waals surface area contributed by atoms with Crippen LogP contribution in [0.5, 0.6) is 0 Å². The van der Waals surface area contributed by atoms with Crippen LogP contribution >= 0.6 is 15.9 Å². The number of carboxylic acid groups (broad SMARTS) is 1. The molecule has 1 aliphatic heterocycles. The predicted molar refractivity (Wildman–Crippen MR) is 129 cm³/mol. The van der Waals surface area contributed by atoms with Crippen molar-refractivity contribution in [3.8, 4) is 11.4 Å². The third-order valence-corrected chi connectivity index (χ3v) is 7.86. The Morgan fingerprint density at radius 1 is 1.25 bits per heavy atom. The van der Waals surface area contributed by atoms with Crippen molar-refractivity contribution < 1.29 is 14.6 Å². The van der Waals surface area contributed by atoms with Crippen LogP contribution in [0.1, 0.15) is 24.7 Å². The van der Waals surface area contributed by atoms with Crippen LogP contribution in [0.3, 0.4) is 0 Å². The van der Waals surface area contributed by atoms with Crippen molar-refractivity contribution in [2.24, 2.45) is 0 Å². The van der Waals surface area contributed by atoms with Gasteiger partial charge in [-0.2, -0.15) is 0 Å². The molecule has 1 fully saturated rings. The Morgan fingerprint density at radius 3 is 2.81 bits per heavy atom. The van der Waals surface area contributed by atoms with Crippen LogP contribution in [0.4, 0.5) is 4.79 Å². The number of hydrogen-bond donors (Lipinski definition) is 1. The monoisotopic (exact) mass is 517 g/mol. The first kappa shape index (κ1) is 22.9. The Labute approximate surface area is 196 Å². The van der Waals surface area contributed by atoms with Gasteiger partial charge in [-0.25, -0.2) is 14.8 Å². The number of ether oxygens (including phenoxy) is 1. The van der Waals surface area contributed by atoms with Gasteiger partial charge in [0, 0.05) is 25.7 Å². The van der Waals surface area contributed by atoms with E-state index in [0.717, 1.165) is 40.1 Å². The van der Waals surface area contributed by atoms with Crippen LogP contribution in [0, 0.1) is 0 Å². The van der Waals surface area contributed by atoms with Gasteiger partial charge in [0.25, 0.3) is 0 Å². The van der Waals surface area contributed by atoms with E-state index in [2.05, 4.69) is 45.5 Å². The summed E-state index contributed by atoms with van der Waals surface area (Å²) in [4.78, 5) is 27.2. The van der Waals surface area contributed by atoms with Crippen LogP contribution in [0.15, 0.2) is 35.1 Å². The van der Waals surface area contributed by atoms with E-state index in [0.29, 0.717) is 31.4 Å². The molecule has 3 aromatic rings. The lowest BCUT2D eigenvalue weighted by Crippen LogP contribution is -2.31. The third-order valence-electron chi connectivity index (χ3n) is 5.67. The van der Waals surface area contributed by atoms with Gasteiger partial charge in [-0.3, -0.25) is 9.88 Å². The Balaban J connectivity index is 1.69. The van der Waals surface area contributed by atoms with Gasteiger partial charge < -0.3 is 14.4 Å². The summed E-state index contributed by atoms with van der Waals surface area (Å²) in [5.74, 6) is 0.700. The van der Waals surface area contributed by atoms with Crippen LogP contribution < -0.4 is 0 Å². The van der Waals surface area contributed by atoms with Gasteiger partial charge in [-0.1, -0.05) is 35.6 Å². The number of aromatic nitrogens is 4. The molecule has 0 unspecified atom stereocenters. The van der Waals surface area contributed by atoms with Crippen LogP contribution in [0.2, 0.25) is 25.7 Å². The quantitative estimate of drug-likeness (QED) is 0.333. The third kappa shape index (κ3) is 5.02. The van der Waals surface area contributed by atoms with Crippen molar-refractivity contribution in [3.05, 3.63) is 40.9 Å². The molecule has 0 bridgehead atoms. The highest BCUT2D eigenvalue weighted by Crippen LogP contribution is 2.34. The molecule has 1 aliphatic rings. The van der Waals surface area contributed by atoms with E-state index < -0.39 is 14.2 Å². The number of nitrogens with zero attached hydrogens (tertiary/aromatic N) is 5. The first-order valence-electron chi connectivity index (χ1n) is 10.8. The van der Waals surface area contributed by atoms with E-state index in [9.17, 15) is 9.90 Å². The molecule has 1 saturated heterocycles. The molecule has 0 aliphatic carbocycles. The van der Waals surface area contributed by atoms with Crippen molar-refractivity contribution in [1.29, 1.82) is 0 Å². The maximum atomic E-state index is 11.8. The van der Waals surface area contributed by atoms with Gasteiger partial charge in [0.05, 0.1) is 35.2 Å². The van der Waals surface area contributed by atoms with Crippen molar-refractivity contribution >= 4 is 41.1 Å². The largest absolute Gasteiger partial charge is 0.465 e. The van der Waals surface area contributed by atoms with Crippen molar-refractivity contribution in [2.45, 2.75) is 51.3 Å². The Morgan fingerprint density at radius 2 is 2.06 bits per heavy atom. The molecular weight excluding hydrogens is 490 g/mol. The molecule has 0 spiro atoms. The lowest BCUT2D eigenvalue weighted by atomic mass is 10.2. The van der Waals surface area contributed by atoms with Gasteiger partial charge in [0.2, 0.25) is 0 Å². The van der Waals surface area contributed by atoms with Crippen LogP contribution in [0.25, 0.3) is 22.4 Å². The molecule has 10 heteroatoms. The second-order valence-corrected chi connectivity index (χ2v) is 15.8. The summed E-state index contributed by atoms with van der Waals surface area (Å²) in [7, 11) is -1.22. The molecule has 1 amide bonds. The molecule has 1 N–H and O–H groups in total. The summed E-state index contributed by atoms with van der Waals surface area (Å²) in [6.07, 6.45) is 4.14. The van der Waals surface area contributed by atoms with Gasteiger partial charge in [-0.05, 0) is 37.1 Å². The summed E-state index contributed by atoms with van der Waals surface area (Å²) in [5, 5.41) is 9.64. The summed E-state index contributed by atoms with van der Waals surface area (Å²) >= 11 is 3.47. The molecule has 8 nitrogen and oxygen atoms in total. The molecule has 0 saturated carbocycles. The standard InChI is InChI=1S/C22H28BrN5O3Si/c1-32(2,3)10-9-31-14-28-20(13-25-21(28)19-5-4-8-27(19)22(29)30)18-12-24-17-11-15(23)6-7-16(17)26-18/h6-7,11-13,19H,4-5,8-10,14H2,1-3H3,(H,29,30)/t19-/m0/s1. The summed E-state index contributed by atoms with van der Waals surface area (Å²) < 4.78 is 8.97. The average molecular weight is 518 g/mol. The molecule has 4 rings (SSSR count). The average Bonchev–Trinajstić information content (AvgIpc) is 3.37. The number of fused-ring (bicyclic) bond motifs is 1. The van der Waals surface area contributed by atoms with Crippen molar-refractivity contribution in [3.63, 3.8) is 0 Å². The van der Waals surface area contributed by atoms with Gasteiger partial charge in [0.1, 0.15) is 18.2 Å². The van der Waals surface area contributed by atoms with E-state index in [1.807, 2.05) is 22.8 Å². The van der Waals surface area contributed by atoms with Gasteiger partial charge in [0.15, 0.2) is 0 Å². The van der Waals surface area contributed by atoms with E-state index in [4.69, 9.17) is 9.72 Å². The van der Waals surface area contributed by atoms with E-state index in [1.165, 1.54) is 4.90 Å². The molecule has 3 heterocycles.